The van der Waals surface area contributed by atoms with E-state index in [1.807, 2.05) is 16.8 Å². The Kier molecular flexibility index (Phi) is 5.00. The second-order valence-electron chi connectivity index (χ2n) is 7.49. The summed E-state index contributed by atoms with van der Waals surface area (Å²) in [5, 5.41) is 7.96. The van der Waals surface area contributed by atoms with Gasteiger partial charge in [-0.2, -0.15) is 21.0 Å². The van der Waals surface area contributed by atoms with Gasteiger partial charge < -0.3 is 14.0 Å². The molecular formula is C20H21N3O5S2. The molecule has 0 spiro atoms. The van der Waals surface area contributed by atoms with Crippen LogP contribution in [-0.2, 0) is 15.6 Å². The first-order chi connectivity index (χ1) is 14.6. The minimum Gasteiger partial charge on any atom is -0.486 e. The summed E-state index contributed by atoms with van der Waals surface area (Å²) in [5.41, 5.74) is -0.0679. The van der Waals surface area contributed by atoms with Crippen molar-refractivity contribution in [2.45, 2.75) is 42.5 Å². The zero-order valence-corrected chi connectivity index (χ0v) is 17.8. The molecule has 1 aromatic carbocycles. The molecule has 0 amide bonds. The molecule has 2 aromatic heterocycles. The number of aromatic nitrogens is 2. The number of sulfonamides is 1. The lowest BCUT2D eigenvalue weighted by atomic mass is 9.82. The zero-order valence-electron chi connectivity index (χ0n) is 16.2. The van der Waals surface area contributed by atoms with Gasteiger partial charge in [-0.05, 0) is 36.4 Å². The maximum atomic E-state index is 13.3. The number of hydrogen-bond acceptors (Lipinski definition) is 8. The monoisotopic (exact) mass is 447 g/mol. The Bertz CT molecular complexity index is 1140. The SMILES string of the molecule is O=S(=O)(NC1(c2nc(-c3ccsc3)no2)CCCCC1)c1ccc2c(c1)OCCO2. The van der Waals surface area contributed by atoms with Gasteiger partial charge in [0.1, 0.15) is 18.8 Å². The van der Waals surface area contributed by atoms with Gasteiger partial charge in [0.15, 0.2) is 11.5 Å². The number of hydrogen-bond donors (Lipinski definition) is 1. The molecule has 1 aliphatic heterocycles. The van der Waals surface area contributed by atoms with Crippen LogP contribution in [0.15, 0.2) is 44.4 Å². The van der Waals surface area contributed by atoms with E-state index in [2.05, 4.69) is 14.9 Å². The normalized spacial score (nSPS) is 18.3. The van der Waals surface area contributed by atoms with E-state index in [-0.39, 0.29) is 4.90 Å². The van der Waals surface area contributed by atoms with Crippen molar-refractivity contribution >= 4 is 21.4 Å². The first kappa shape index (κ1) is 19.5. The van der Waals surface area contributed by atoms with Crippen LogP contribution in [0.4, 0.5) is 0 Å². The van der Waals surface area contributed by atoms with Gasteiger partial charge in [-0.15, -0.1) is 0 Å². The van der Waals surface area contributed by atoms with Crippen LogP contribution in [0.3, 0.4) is 0 Å². The molecule has 3 aromatic rings. The van der Waals surface area contributed by atoms with Crippen LogP contribution in [0, 0.1) is 0 Å². The first-order valence-corrected chi connectivity index (χ1v) is 12.3. The van der Waals surface area contributed by atoms with E-state index in [9.17, 15) is 8.42 Å². The van der Waals surface area contributed by atoms with Gasteiger partial charge in [-0.3, -0.25) is 0 Å². The molecule has 1 saturated carbocycles. The summed E-state index contributed by atoms with van der Waals surface area (Å²) < 4.78 is 46.1. The highest BCUT2D eigenvalue weighted by molar-refractivity contribution is 7.89. The summed E-state index contributed by atoms with van der Waals surface area (Å²) in [5.74, 6) is 1.75. The molecule has 1 N–H and O–H groups in total. The quantitative estimate of drug-likeness (QED) is 0.636. The first-order valence-electron chi connectivity index (χ1n) is 9.86. The van der Waals surface area contributed by atoms with Crippen LogP contribution in [-0.4, -0.2) is 31.8 Å². The third-order valence-corrected chi connectivity index (χ3v) is 7.69. The lowest BCUT2D eigenvalue weighted by Crippen LogP contribution is -2.47. The zero-order chi connectivity index (χ0) is 20.6. The molecule has 5 rings (SSSR count). The average Bonchev–Trinajstić information content (AvgIpc) is 3.46. The maximum absolute atomic E-state index is 13.3. The number of nitrogens with one attached hydrogen (secondary N) is 1. The maximum Gasteiger partial charge on any atom is 0.248 e. The molecule has 3 heterocycles. The van der Waals surface area contributed by atoms with Gasteiger partial charge in [0.05, 0.1) is 4.90 Å². The van der Waals surface area contributed by atoms with Crippen LogP contribution in [0.2, 0.25) is 0 Å². The van der Waals surface area contributed by atoms with Gasteiger partial charge in [0.25, 0.3) is 0 Å². The van der Waals surface area contributed by atoms with E-state index in [0.29, 0.717) is 49.3 Å². The predicted molar refractivity (Wildman–Crippen MR) is 110 cm³/mol. The summed E-state index contributed by atoms with van der Waals surface area (Å²) in [4.78, 5) is 4.67. The summed E-state index contributed by atoms with van der Waals surface area (Å²) in [6.07, 6.45) is 3.99. The highest BCUT2D eigenvalue weighted by Gasteiger charge is 2.43. The van der Waals surface area contributed by atoms with Gasteiger partial charge in [-0.25, -0.2) is 8.42 Å². The van der Waals surface area contributed by atoms with Crippen molar-refractivity contribution < 1.29 is 22.4 Å². The lowest BCUT2D eigenvalue weighted by molar-refractivity contribution is 0.171. The van der Waals surface area contributed by atoms with Gasteiger partial charge >= 0.3 is 0 Å². The molecule has 0 saturated heterocycles. The highest BCUT2D eigenvalue weighted by Crippen LogP contribution is 2.39. The van der Waals surface area contributed by atoms with Gasteiger partial charge in [0.2, 0.25) is 21.7 Å². The minimum absolute atomic E-state index is 0.120. The van der Waals surface area contributed by atoms with Crippen LogP contribution >= 0.6 is 11.3 Å². The Morgan fingerprint density at radius 3 is 2.60 bits per heavy atom. The van der Waals surface area contributed by atoms with Crippen molar-refractivity contribution in [2.24, 2.45) is 0 Å². The van der Waals surface area contributed by atoms with Crippen LogP contribution in [0.1, 0.15) is 38.0 Å². The average molecular weight is 448 g/mol. The molecule has 0 radical (unpaired) electrons. The molecule has 1 aliphatic carbocycles. The predicted octanol–water partition coefficient (Wildman–Crippen LogP) is 3.71. The third kappa shape index (κ3) is 3.59. The third-order valence-electron chi connectivity index (χ3n) is 5.48. The molecule has 8 nitrogen and oxygen atoms in total. The standard InChI is InChI=1S/C20H21N3O5S2/c24-30(25,15-4-5-16-17(12-15)27-10-9-26-16)23-20(7-2-1-3-8-20)19-21-18(22-28-19)14-6-11-29-13-14/h4-6,11-13,23H,1-3,7-10H2. The number of benzene rings is 1. The van der Waals surface area contributed by atoms with E-state index in [0.717, 1.165) is 24.8 Å². The van der Waals surface area contributed by atoms with Crippen LogP contribution < -0.4 is 14.2 Å². The second kappa shape index (κ2) is 7.68. The number of rotatable bonds is 5. The van der Waals surface area contributed by atoms with Crippen LogP contribution in [0.5, 0.6) is 11.5 Å². The molecule has 158 valence electrons. The van der Waals surface area contributed by atoms with Gasteiger partial charge in [0, 0.05) is 17.0 Å². The number of nitrogens with zero attached hydrogens (tertiary/aromatic N) is 2. The van der Waals surface area contributed by atoms with E-state index in [4.69, 9.17) is 14.0 Å². The fraction of sp³-hybridized carbons (Fsp3) is 0.400. The number of fused-ring (bicyclic) bond motifs is 1. The molecule has 1 fully saturated rings. The van der Waals surface area contributed by atoms with E-state index < -0.39 is 15.6 Å². The molecule has 0 atom stereocenters. The van der Waals surface area contributed by atoms with E-state index in [1.54, 1.807) is 17.4 Å². The fourth-order valence-electron chi connectivity index (χ4n) is 3.95. The summed E-state index contributed by atoms with van der Waals surface area (Å²) >= 11 is 1.54. The van der Waals surface area contributed by atoms with E-state index >= 15 is 0 Å². The largest absolute Gasteiger partial charge is 0.486 e. The lowest BCUT2D eigenvalue weighted by Gasteiger charge is -2.34. The Morgan fingerprint density at radius 2 is 1.83 bits per heavy atom. The summed E-state index contributed by atoms with van der Waals surface area (Å²) in [6, 6.07) is 6.55. The van der Waals surface area contributed by atoms with Crippen molar-refractivity contribution in [3.63, 3.8) is 0 Å². The van der Waals surface area contributed by atoms with Gasteiger partial charge in [-0.1, -0.05) is 24.4 Å². The molecule has 0 unspecified atom stereocenters. The van der Waals surface area contributed by atoms with Crippen molar-refractivity contribution in [1.29, 1.82) is 0 Å². The van der Waals surface area contributed by atoms with Crippen molar-refractivity contribution in [2.75, 3.05) is 13.2 Å². The van der Waals surface area contributed by atoms with Crippen molar-refractivity contribution in [1.82, 2.24) is 14.9 Å². The fourth-order valence-corrected chi connectivity index (χ4v) is 6.02. The number of ether oxygens (including phenoxy) is 2. The minimum atomic E-state index is -3.86. The Labute approximate surface area is 178 Å². The molecule has 2 aliphatic rings. The molecule has 0 bridgehead atoms. The summed E-state index contributed by atoms with van der Waals surface area (Å²) in [6.45, 7) is 0.839. The smallest absolute Gasteiger partial charge is 0.248 e. The molecule has 30 heavy (non-hydrogen) atoms. The van der Waals surface area contributed by atoms with Crippen molar-refractivity contribution in [3.05, 3.63) is 40.9 Å². The number of thiophene rings is 1. The second-order valence-corrected chi connectivity index (χ2v) is 9.95. The Morgan fingerprint density at radius 1 is 1.03 bits per heavy atom. The molecule has 10 heteroatoms. The highest BCUT2D eigenvalue weighted by atomic mass is 32.2. The van der Waals surface area contributed by atoms with E-state index in [1.165, 1.54) is 12.1 Å². The topological polar surface area (TPSA) is 104 Å². The van der Waals surface area contributed by atoms with Crippen LogP contribution in [0.25, 0.3) is 11.4 Å². The Balaban J connectivity index is 1.49. The Hall–Kier alpha value is -2.43. The van der Waals surface area contributed by atoms with Crippen molar-refractivity contribution in [3.8, 4) is 22.9 Å². The summed E-state index contributed by atoms with van der Waals surface area (Å²) in [7, 11) is -3.86. The molecular weight excluding hydrogens is 426 g/mol.